The van der Waals surface area contributed by atoms with Crippen molar-refractivity contribution < 1.29 is 4.79 Å². The number of anilines is 1. The summed E-state index contributed by atoms with van der Waals surface area (Å²) in [6.07, 6.45) is 2.30. The molecule has 1 fully saturated rings. The van der Waals surface area contributed by atoms with Crippen LogP contribution in [0.4, 0.5) is 5.69 Å². The summed E-state index contributed by atoms with van der Waals surface area (Å²) < 4.78 is 0.727. The molecule has 1 heterocycles. The van der Waals surface area contributed by atoms with Gasteiger partial charge in [-0.05, 0) is 61.7 Å². The lowest BCUT2D eigenvalue weighted by Crippen LogP contribution is -2.46. The molecule has 3 unspecified atom stereocenters. The van der Waals surface area contributed by atoms with E-state index in [0.29, 0.717) is 22.8 Å². The van der Waals surface area contributed by atoms with E-state index in [0.717, 1.165) is 17.3 Å². The van der Waals surface area contributed by atoms with Gasteiger partial charge < -0.3 is 5.32 Å². The maximum Gasteiger partial charge on any atom is 0.241 e. The largest absolute Gasteiger partial charge is 0.324 e. The topological polar surface area (TPSA) is 32.3 Å². The Morgan fingerprint density at radius 1 is 1.40 bits per heavy atom. The minimum atomic E-state index is -0.145. The lowest BCUT2D eigenvalue weighted by Gasteiger charge is -2.31. The highest BCUT2D eigenvalue weighted by molar-refractivity contribution is 9.10. The van der Waals surface area contributed by atoms with E-state index in [1.807, 2.05) is 19.1 Å². The highest BCUT2D eigenvalue weighted by Crippen LogP contribution is 2.31. The van der Waals surface area contributed by atoms with Gasteiger partial charge in [-0.1, -0.05) is 17.7 Å². The second-order valence-electron chi connectivity index (χ2n) is 5.49. The molecule has 1 aromatic rings. The predicted octanol–water partition coefficient (Wildman–Crippen LogP) is 4.30. The zero-order valence-corrected chi connectivity index (χ0v) is 14.3. The van der Waals surface area contributed by atoms with Gasteiger partial charge in [-0.25, -0.2) is 0 Å². The van der Waals surface area contributed by atoms with Crippen LogP contribution in [0, 0.1) is 0 Å². The molecule has 3 atom stereocenters. The first-order valence-corrected chi connectivity index (χ1v) is 8.11. The third-order valence-corrected chi connectivity index (χ3v) is 5.45. The summed E-state index contributed by atoms with van der Waals surface area (Å²) >= 11 is 9.45. The summed E-state index contributed by atoms with van der Waals surface area (Å²) in [6.45, 7) is 6.33. The van der Waals surface area contributed by atoms with Crippen molar-refractivity contribution in [3.05, 3.63) is 27.7 Å². The molecule has 3 nitrogen and oxygen atoms in total. The van der Waals surface area contributed by atoms with Crippen molar-refractivity contribution in [2.75, 3.05) is 5.32 Å². The van der Waals surface area contributed by atoms with Crippen molar-refractivity contribution in [3.8, 4) is 0 Å². The first-order chi connectivity index (χ1) is 9.41. The monoisotopic (exact) mass is 358 g/mol. The number of rotatable bonds is 3. The number of likely N-dealkylation sites (tertiary alicyclic amines) is 1. The van der Waals surface area contributed by atoms with Crippen molar-refractivity contribution in [2.45, 2.75) is 51.7 Å². The Labute approximate surface area is 133 Å². The molecule has 1 N–H and O–H groups in total. The minimum Gasteiger partial charge on any atom is -0.324 e. The SMILES string of the molecule is CC1CCC(C)N1C(C)C(=O)Nc1cccc(Cl)c1Br. The Morgan fingerprint density at radius 2 is 2.00 bits per heavy atom. The van der Waals surface area contributed by atoms with Gasteiger partial charge in [0, 0.05) is 12.1 Å². The summed E-state index contributed by atoms with van der Waals surface area (Å²) in [7, 11) is 0. The molecule has 2 rings (SSSR count). The van der Waals surface area contributed by atoms with Gasteiger partial charge >= 0.3 is 0 Å². The Hall–Kier alpha value is -0.580. The van der Waals surface area contributed by atoms with Crippen LogP contribution in [-0.4, -0.2) is 28.9 Å². The van der Waals surface area contributed by atoms with E-state index in [1.165, 1.54) is 0 Å². The van der Waals surface area contributed by atoms with E-state index in [2.05, 4.69) is 40.0 Å². The Balaban J connectivity index is 2.10. The molecule has 1 saturated heterocycles. The van der Waals surface area contributed by atoms with Crippen molar-refractivity contribution >= 4 is 39.1 Å². The zero-order valence-electron chi connectivity index (χ0n) is 12.0. The fraction of sp³-hybridized carbons (Fsp3) is 0.533. The fourth-order valence-corrected chi connectivity index (χ4v) is 3.49. The zero-order chi connectivity index (χ0) is 14.9. The van der Waals surface area contributed by atoms with Crippen LogP contribution in [0.2, 0.25) is 5.02 Å². The molecular weight excluding hydrogens is 340 g/mol. The molecule has 0 aromatic heterocycles. The van der Waals surface area contributed by atoms with Crippen LogP contribution in [0.15, 0.2) is 22.7 Å². The van der Waals surface area contributed by atoms with Crippen LogP contribution in [-0.2, 0) is 4.79 Å². The molecule has 0 bridgehead atoms. The van der Waals surface area contributed by atoms with Gasteiger partial charge in [-0.15, -0.1) is 0 Å². The molecular formula is C15H20BrClN2O. The molecule has 1 aromatic carbocycles. The van der Waals surface area contributed by atoms with E-state index in [9.17, 15) is 4.79 Å². The number of carbonyl (C=O) groups excluding carboxylic acids is 1. The van der Waals surface area contributed by atoms with Crippen LogP contribution in [0.3, 0.4) is 0 Å². The Kier molecular flexibility index (Phi) is 5.10. The van der Waals surface area contributed by atoms with E-state index in [4.69, 9.17) is 11.6 Å². The average Bonchev–Trinajstić information content (AvgIpc) is 2.73. The maximum atomic E-state index is 12.4. The third-order valence-electron chi connectivity index (χ3n) is 4.06. The third kappa shape index (κ3) is 3.18. The first kappa shape index (κ1) is 15.8. The quantitative estimate of drug-likeness (QED) is 0.872. The summed E-state index contributed by atoms with van der Waals surface area (Å²) in [4.78, 5) is 14.7. The van der Waals surface area contributed by atoms with Gasteiger partial charge in [-0.3, -0.25) is 9.69 Å². The number of benzene rings is 1. The Bertz CT molecular complexity index is 499. The summed E-state index contributed by atoms with van der Waals surface area (Å²) in [5, 5.41) is 3.55. The number of carbonyl (C=O) groups is 1. The average molecular weight is 360 g/mol. The van der Waals surface area contributed by atoms with Crippen LogP contribution >= 0.6 is 27.5 Å². The summed E-state index contributed by atoms with van der Waals surface area (Å²) in [6, 6.07) is 6.22. The molecule has 20 heavy (non-hydrogen) atoms. The smallest absolute Gasteiger partial charge is 0.241 e. The van der Waals surface area contributed by atoms with Crippen LogP contribution in [0.5, 0.6) is 0 Å². The molecule has 110 valence electrons. The highest BCUT2D eigenvalue weighted by Gasteiger charge is 2.34. The number of halogens is 2. The van der Waals surface area contributed by atoms with Gasteiger partial charge in [0.25, 0.3) is 0 Å². The lowest BCUT2D eigenvalue weighted by molar-refractivity contribution is -0.121. The second kappa shape index (κ2) is 6.46. The highest BCUT2D eigenvalue weighted by atomic mass is 79.9. The molecule has 5 heteroatoms. The van der Waals surface area contributed by atoms with E-state index in [1.54, 1.807) is 6.07 Å². The molecule has 0 aliphatic carbocycles. The van der Waals surface area contributed by atoms with Crippen LogP contribution in [0.25, 0.3) is 0 Å². The molecule has 1 aliphatic heterocycles. The standard InChI is InChI=1S/C15H20BrClN2O/c1-9-7-8-10(2)19(9)11(3)15(20)18-13-6-4-5-12(17)14(13)16/h4-6,9-11H,7-8H2,1-3H3,(H,18,20). The molecule has 0 spiro atoms. The fourth-order valence-electron chi connectivity index (χ4n) is 2.95. The van der Waals surface area contributed by atoms with Crippen molar-refractivity contribution in [1.29, 1.82) is 0 Å². The van der Waals surface area contributed by atoms with Gasteiger partial charge in [-0.2, -0.15) is 0 Å². The van der Waals surface area contributed by atoms with Gasteiger partial charge in [0.2, 0.25) is 5.91 Å². The molecule has 0 saturated carbocycles. The number of hydrogen-bond acceptors (Lipinski definition) is 2. The van der Waals surface area contributed by atoms with Gasteiger partial charge in [0.05, 0.1) is 21.2 Å². The minimum absolute atomic E-state index is 0.00793. The predicted molar refractivity (Wildman–Crippen MR) is 87.2 cm³/mol. The van der Waals surface area contributed by atoms with Crippen LogP contribution in [0.1, 0.15) is 33.6 Å². The number of nitrogens with one attached hydrogen (secondary N) is 1. The number of amides is 1. The molecule has 0 radical (unpaired) electrons. The number of nitrogens with zero attached hydrogens (tertiary/aromatic N) is 1. The molecule has 1 amide bonds. The normalized spacial score (nSPS) is 24.6. The van der Waals surface area contributed by atoms with E-state index in [-0.39, 0.29) is 11.9 Å². The first-order valence-electron chi connectivity index (χ1n) is 6.94. The van der Waals surface area contributed by atoms with Crippen molar-refractivity contribution in [1.82, 2.24) is 4.90 Å². The second-order valence-corrected chi connectivity index (χ2v) is 6.69. The number of hydrogen-bond donors (Lipinski definition) is 1. The summed E-state index contributed by atoms with van der Waals surface area (Å²) in [5.74, 6) is 0.00793. The van der Waals surface area contributed by atoms with E-state index < -0.39 is 0 Å². The van der Waals surface area contributed by atoms with E-state index >= 15 is 0 Å². The van der Waals surface area contributed by atoms with Crippen molar-refractivity contribution in [3.63, 3.8) is 0 Å². The van der Waals surface area contributed by atoms with Crippen LogP contribution < -0.4 is 5.32 Å². The molecule has 1 aliphatic rings. The Morgan fingerprint density at radius 3 is 2.60 bits per heavy atom. The lowest BCUT2D eigenvalue weighted by atomic mass is 10.2. The van der Waals surface area contributed by atoms with Crippen molar-refractivity contribution in [2.24, 2.45) is 0 Å². The maximum absolute atomic E-state index is 12.4. The van der Waals surface area contributed by atoms with Gasteiger partial charge in [0.15, 0.2) is 0 Å². The summed E-state index contributed by atoms with van der Waals surface area (Å²) in [5.41, 5.74) is 0.717. The van der Waals surface area contributed by atoms with Gasteiger partial charge in [0.1, 0.15) is 0 Å².